The van der Waals surface area contributed by atoms with Crippen molar-refractivity contribution in [2.24, 2.45) is 0 Å². The number of nitrogens with zero attached hydrogens (tertiary/aromatic N) is 2. The van der Waals surface area contributed by atoms with Crippen molar-refractivity contribution in [1.82, 2.24) is 10.2 Å². The molecule has 1 aromatic heterocycles. The Bertz CT molecular complexity index is 968. The minimum absolute atomic E-state index is 0.0329. The Morgan fingerprint density at radius 1 is 1.11 bits per heavy atom. The number of hydrogen-bond donors (Lipinski definition) is 0. The third kappa shape index (κ3) is 3.68. The molecule has 0 N–H and O–H groups in total. The second kappa shape index (κ2) is 7.44. The Morgan fingerprint density at radius 3 is 2.67 bits per heavy atom. The van der Waals surface area contributed by atoms with Crippen LogP contribution in [0.1, 0.15) is 29.8 Å². The van der Waals surface area contributed by atoms with Crippen LogP contribution in [0.3, 0.4) is 0 Å². The van der Waals surface area contributed by atoms with Gasteiger partial charge in [-0.3, -0.25) is 4.79 Å². The van der Waals surface area contributed by atoms with Gasteiger partial charge < -0.3 is 13.9 Å². The lowest BCUT2D eigenvalue weighted by atomic mass is 10.1. The molecule has 7 heteroatoms. The smallest absolute Gasteiger partial charge is 0.277 e. The molecule has 6 nitrogen and oxygen atoms in total. The molecule has 0 saturated carbocycles. The molecule has 3 aromatic rings. The number of Topliss-reactive ketones (excluding diaryl/α,β-unsaturated/α-hetero) is 1. The largest absolute Gasteiger partial charge is 0.454 e. The molecule has 0 amide bonds. The van der Waals surface area contributed by atoms with Gasteiger partial charge in [0.15, 0.2) is 17.3 Å². The quantitative estimate of drug-likeness (QED) is 0.462. The maximum absolute atomic E-state index is 12.6. The zero-order valence-electron chi connectivity index (χ0n) is 15.0. The minimum Gasteiger partial charge on any atom is -0.454 e. The normalized spacial score (nSPS) is 13.6. The molecular formula is C20H18N2O4S. The lowest BCUT2D eigenvalue weighted by Gasteiger charge is -2.08. The molecule has 1 aliphatic heterocycles. The first kappa shape index (κ1) is 17.6. The molecule has 2 aromatic carbocycles. The first-order chi connectivity index (χ1) is 13.1. The number of fused-ring (bicyclic) bond motifs is 1. The molecule has 4 rings (SSSR count). The van der Waals surface area contributed by atoms with Gasteiger partial charge in [0.2, 0.25) is 12.7 Å². The summed E-state index contributed by atoms with van der Waals surface area (Å²) in [6.07, 6.45) is 0.948. The molecular weight excluding hydrogens is 364 g/mol. The van der Waals surface area contributed by atoms with Gasteiger partial charge in [-0.25, -0.2) is 0 Å². The van der Waals surface area contributed by atoms with Gasteiger partial charge in [0.25, 0.3) is 5.22 Å². The maximum atomic E-state index is 12.6. The third-order valence-corrected chi connectivity index (χ3v) is 5.25. The van der Waals surface area contributed by atoms with Crippen LogP contribution in [0.15, 0.2) is 52.1 Å². The van der Waals surface area contributed by atoms with E-state index in [1.807, 2.05) is 37.3 Å². The first-order valence-electron chi connectivity index (χ1n) is 8.67. The predicted molar refractivity (Wildman–Crippen MR) is 101 cm³/mol. The second-order valence-electron chi connectivity index (χ2n) is 6.12. The van der Waals surface area contributed by atoms with E-state index < -0.39 is 0 Å². The molecule has 0 aliphatic carbocycles. The monoisotopic (exact) mass is 382 g/mol. The molecule has 1 unspecified atom stereocenters. The highest BCUT2D eigenvalue weighted by Crippen LogP contribution is 2.36. The number of hydrogen-bond acceptors (Lipinski definition) is 7. The van der Waals surface area contributed by atoms with Gasteiger partial charge in [0, 0.05) is 11.1 Å². The van der Waals surface area contributed by atoms with Crippen LogP contribution in [-0.4, -0.2) is 28.0 Å². The standard InChI is InChI=1S/C20H18N2O4S/c1-3-13-4-6-14(7-5-13)18(23)12(2)27-20-22-21-19(26-20)15-8-9-16-17(10-15)25-11-24-16/h4-10,12H,3,11H2,1-2H3. The van der Waals surface area contributed by atoms with Gasteiger partial charge in [0.1, 0.15) is 0 Å². The van der Waals surface area contributed by atoms with Crippen LogP contribution in [0.4, 0.5) is 0 Å². The summed E-state index contributed by atoms with van der Waals surface area (Å²) in [6, 6.07) is 13.1. The van der Waals surface area contributed by atoms with Crippen LogP contribution < -0.4 is 9.47 Å². The number of thioether (sulfide) groups is 1. The van der Waals surface area contributed by atoms with Crippen molar-refractivity contribution < 1.29 is 18.7 Å². The van der Waals surface area contributed by atoms with Crippen LogP contribution in [-0.2, 0) is 6.42 Å². The Hall–Kier alpha value is -2.80. The van der Waals surface area contributed by atoms with Gasteiger partial charge in [-0.05, 0) is 37.1 Å². The first-order valence-corrected chi connectivity index (χ1v) is 9.55. The van der Waals surface area contributed by atoms with E-state index in [4.69, 9.17) is 13.9 Å². The zero-order valence-corrected chi connectivity index (χ0v) is 15.8. The van der Waals surface area contributed by atoms with Crippen LogP contribution in [0.2, 0.25) is 0 Å². The Kier molecular flexibility index (Phi) is 4.85. The molecule has 0 spiro atoms. The number of carbonyl (C=O) groups is 1. The van der Waals surface area contributed by atoms with Crippen molar-refractivity contribution in [2.45, 2.75) is 30.7 Å². The van der Waals surface area contributed by atoms with Gasteiger partial charge in [0.05, 0.1) is 5.25 Å². The fraction of sp³-hybridized carbons (Fsp3) is 0.250. The number of aromatic nitrogens is 2. The molecule has 0 bridgehead atoms. The summed E-state index contributed by atoms with van der Waals surface area (Å²) >= 11 is 1.25. The van der Waals surface area contributed by atoms with E-state index in [0.29, 0.717) is 28.2 Å². The number of ketones is 1. The van der Waals surface area contributed by atoms with Crippen LogP contribution >= 0.6 is 11.8 Å². The molecule has 2 heterocycles. The summed E-state index contributed by atoms with van der Waals surface area (Å²) in [5.74, 6) is 1.76. The number of aryl methyl sites for hydroxylation is 1. The van der Waals surface area contributed by atoms with E-state index in [0.717, 1.165) is 12.0 Å². The van der Waals surface area contributed by atoms with Gasteiger partial charge >= 0.3 is 0 Å². The van der Waals surface area contributed by atoms with Gasteiger partial charge in [-0.15, -0.1) is 10.2 Å². The highest BCUT2D eigenvalue weighted by Gasteiger charge is 2.21. The van der Waals surface area contributed by atoms with E-state index in [1.54, 1.807) is 12.1 Å². The number of carbonyl (C=O) groups excluding carboxylic acids is 1. The van der Waals surface area contributed by atoms with E-state index in [-0.39, 0.29) is 17.8 Å². The minimum atomic E-state index is -0.331. The third-order valence-electron chi connectivity index (χ3n) is 4.32. The van der Waals surface area contributed by atoms with Crippen molar-refractivity contribution in [3.05, 3.63) is 53.6 Å². The van der Waals surface area contributed by atoms with Crippen molar-refractivity contribution in [1.29, 1.82) is 0 Å². The SMILES string of the molecule is CCc1ccc(C(=O)C(C)Sc2nnc(-c3ccc4c(c3)OCO4)o2)cc1. The summed E-state index contributed by atoms with van der Waals surface area (Å²) in [6.45, 7) is 4.14. The molecule has 0 saturated heterocycles. The van der Waals surface area contributed by atoms with Crippen molar-refractivity contribution in [2.75, 3.05) is 6.79 Å². The highest BCUT2D eigenvalue weighted by atomic mass is 32.2. The molecule has 1 aliphatic rings. The van der Waals surface area contributed by atoms with E-state index in [9.17, 15) is 4.79 Å². The Balaban J connectivity index is 1.46. The lowest BCUT2D eigenvalue weighted by molar-refractivity contribution is 0.0993. The summed E-state index contributed by atoms with van der Waals surface area (Å²) in [5, 5.41) is 8.15. The van der Waals surface area contributed by atoms with Crippen molar-refractivity contribution in [3.8, 4) is 23.0 Å². The molecule has 1 atom stereocenters. The number of ether oxygens (including phenoxy) is 2. The summed E-state index contributed by atoms with van der Waals surface area (Å²) in [7, 11) is 0. The van der Waals surface area contributed by atoms with Crippen molar-refractivity contribution in [3.63, 3.8) is 0 Å². The number of benzene rings is 2. The van der Waals surface area contributed by atoms with Crippen LogP contribution in [0.5, 0.6) is 11.5 Å². The molecule has 138 valence electrons. The van der Waals surface area contributed by atoms with E-state index >= 15 is 0 Å². The topological polar surface area (TPSA) is 74.5 Å². The average molecular weight is 382 g/mol. The summed E-state index contributed by atoms with van der Waals surface area (Å²) in [5.41, 5.74) is 2.63. The predicted octanol–water partition coefficient (Wildman–Crippen LogP) is 4.39. The number of rotatable bonds is 6. The Labute approximate surface area is 160 Å². The van der Waals surface area contributed by atoms with E-state index in [2.05, 4.69) is 17.1 Å². The average Bonchev–Trinajstić information content (AvgIpc) is 3.36. The van der Waals surface area contributed by atoms with Crippen LogP contribution in [0.25, 0.3) is 11.5 Å². The van der Waals surface area contributed by atoms with Crippen LogP contribution in [0, 0.1) is 0 Å². The maximum Gasteiger partial charge on any atom is 0.277 e. The molecule has 27 heavy (non-hydrogen) atoms. The summed E-state index contributed by atoms with van der Waals surface area (Å²) in [4.78, 5) is 12.6. The molecule has 0 radical (unpaired) electrons. The summed E-state index contributed by atoms with van der Waals surface area (Å²) < 4.78 is 16.4. The van der Waals surface area contributed by atoms with Gasteiger partial charge in [-0.1, -0.05) is 43.0 Å². The second-order valence-corrected chi connectivity index (χ2v) is 7.41. The van der Waals surface area contributed by atoms with Gasteiger partial charge in [-0.2, -0.15) is 0 Å². The fourth-order valence-electron chi connectivity index (χ4n) is 2.75. The zero-order chi connectivity index (χ0) is 18.8. The Morgan fingerprint density at radius 2 is 1.89 bits per heavy atom. The molecule has 0 fully saturated rings. The highest BCUT2D eigenvalue weighted by molar-refractivity contribution is 8.00. The van der Waals surface area contributed by atoms with E-state index in [1.165, 1.54) is 17.3 Å². The fourth-order valence-corrected chi connectivity index (χ4v) is 3.51. The lowest BCUT2D eigenvalue weighted by Crippen LogP contribution is -2.13. The van der Waals surface area contributed by atoms with Crippen molar-refractivity contribution >= 4 is 17.5 Å².